The third-order valence-electron chi connectivity index (χ3n) is 4.12. The highest BCUT2D eigenvalue weighted by molar-refractivity contribution is 5.99. The molecule has 2 unspecified atom stereocenters. The standard InChI is InChI=1S/C20H22O2/c1-3-18(20(22)17-12-8-5-9-13-17)15(2)14-19(21)16-10-6-4-7-11-16/h4-13,15,18H,3,14H2,1-2H3. The van der Waals surface area contributed by atoms with Crippen LogP contribution >= 0.6 is 0 Å². The van der Waals surface area contributed by atoms with E-state index in [9.17, 15) is 9.59 Å². The molecular weight excluding hydrogens is 272 g/mol. The summed E-state index contributed by atoms with van der Waals surface area (Å²) in [4.78, 5) is 24.9. The molecule has 2 aromatic carbocycles. The van der Waals surface area contributed by atoms with Crippen molar-refractivity contribution in [3.05, 3.63) is 71.8 Å². The van der Waals surface area contributed by atoms with Gasteiger partial charge in [-0.05, 0) is 12.3 Å². The smallest absolute Gasteiger partial charge is 0.166 e. The van der Waals surface area contributed by atoms with Crippen molar-refractivity contribution in [1.29, 1.82) is 0 Å². The van der Waals surface area contributed by atoms with E-state index < -0.39 is 0 Å². The zero-order valence-corrected chi connectivity index (χ0v) is 13.2. The van der Waals surface area contributed by atoms with Gasteiger partial charge < -0.3 is 0 Å². The van der Waals surface area contributed by atoms with Crippen LogP contribution < -0.4 is 0 Å². The molecule has 0 spiro atoms. The van der Waals surface area contributed by atoms with E-state index in [-0.39, 0.29) is 23.4 Å². The Morgan fingerprint density at radius 1 is 0.864 bits per heavy atom. The van der Waals surface area contributed by atoms with Gasteiger partial charge in [0.05, 0.1) is 0 Å². The van der Waals surface area contributed by atoms with E-state index in [1.165, 1.54) is 0 Å². The summed E-state index contributed by atoms with van der Waals surface area (Å²) < 4.78 is 0. The van der Waals surface area contributed by atoms with Crippen LogP contribution in [-0.2, 0) is 0 Å². The zero-order valence-electron chi connectivity index (χ0n) is 13.2. The van der Waals surface area contributed by atoms with Crippen molar-refractivity contribution in [3.63, 3.8) is 0 Å². The Bertz CT molecular complexity index is 617. The molecule has 2 heteroatoms. The Morgan fingerprint density at radius 3 is 1.86 bits per heavy atom. The molecule has 0 heterocycles. The molecule has 0 bridgehead atoms. The molecule has 0 aliphatic carbocycles. The first kappa shape index (κ1) is 16.2. The fourth-order valence-electron chi connectivity index (χ4n) is 2.84. The van der Waals surface area contributed by atoms with Gasteiger partial charge in [-0.15, -0.1) is 0 Å². The lowest BCUT2D eigenvalue weighted by Crippen LogP contribution is -2.23. The predicted octanol–water partition coefficient (Wildman–Crippen LogP) is 4.80. The molecule has 2 atom stereocenters. The van der Waals surface area contributed by atoms with Gasteiger partial charge in [0.15, 0.2) is 11.6 Å². The molecule has 2 aromatic rings. The molecule has 0 aliphatic heterocycles. The van der Waals surface area contributed by atoms with Crippen LogP contribution in [0.15, 0.2) is 60.7 Å². The SMILES string of the molecule is CCC(C(=O)c1ccccc1)C(C)CC(=O)c1ccccc1. The summed E-state index contributed by atoms with van der Waals surface area (Å²) in [5.41, 5.74) is 1.45. The highest BCUT2D eigenvalue weighted by Crippen LogP contribution is 2.25. The van der Waals surface area contributed by atoms with Gasteiger partial charge in [0, 0.05) is 23.5 Å². The largest absolute Gasteiger partial charge is 0.294 e. The maximum Gasteiger partial charge on any atom is 0.166 e. The van der Waals surface area contributed by atoms with E-state index in [2.05, 4.69) is 0 Å². The van der Waals surface area contributed by atoms with E-state index in [0.29, 0.717) is 6.42 Å². The Balaban J connectivity index is 2.07. The average molecular weight is 294 g/mol. The number of carbonyl (C=O) groups is 2. The van der Waals surface area contributed by atoms with Crippen molar-refractivity contribution < 1.29 is 9.59 Å². The number of hydrogen-bond acceptors (Lipinski definition) is 2. The maximum absolute atomic E-state index is 12.6. The van der Waals surface area contributed by atoms with Gasteiger partial charge in [0.2, 0.25) is 0 Å². The second-order valence-corrected chi connectivity index (χ2v) is 5.72. The lowest BCUT2D eigenvalue weighted by molar-refractivity contribution is 0.0843. The van der Waals surface area contributed by atoms with E-state index in [0.717, 1.165) is 17.5 Å². The molecule has 0 amide bonds. The number of benzene rings is 2. The average Bonchev–Trinajstić information content (AvgIpc) is 2.57. The minimum absolute atomic E-state index is 0.0328. The monoisotopic (exact) mass is 294 g/mol. The van der Waals surface area contributed by atoms with Crippen LogP contribution in [-0.4, -0.2) is 11.6 Å². The highest BCUT2D eigenvalue weighted by atomic mass is 16.1. The van der Waals surface area contributed by atoms with Crippen molar-refractivity contribution in [2.75, 3.05) is 0 Å². The maximum atomic E-state index is 12.6. The number of carbonyl (C=O) groups excluding carboxylic acids is 2. The van der Waals surface area contributed by atoms with Crippen LogP contribution in [0.1, 0.15) is 47.4 Å². The van der Waals surface area contributed by atoms with Gasteiger partial charge in [-0.25, -0.2) is 0 Å². The third-order valence-corrected chi connectivity index (χ3v) is 4.12. The number of hydrogen-bond donors (Lipinski definition) is 0. The highest BCUT2D eigenvalue weighted by Gasteiger charge is 2.26. The minimum Gasteiger partial charge on any atom is -0.294 e. The number of rotatable bonds is 7. The summed E-state index contributed by atoms with van der Waals surface area (Å²) in [5.74, 6) is 0.157. The quantitative estimate of drug-likeness (QED) is 0.687. The van der Waals surface area contributed by atoms with E-state index in [1.54, 1.807) is 0 Å². The molecule has 0 aromatic heterocycles. The first-order chi connectivity index (χ1) is 10.6. The van der Waals surface area contributed by atoms with Crippen LogP contribution in [0.25, 0.3) is 0 Å². The second kappa shape index (κ2) is 7.69. The Kier molecular flexibility index (Phi) is 5.65. The fourth-order valence-corrected chi connectivity index (χ4v) is 2.84. The van der Waals surface area contributed by atoms with Crippen LogP contribution in [0.3, 0.4) is 0 Å². The second-order valence-electron chi connectivity index (χ2n) is 5.72. The molecule has 2 nitrogen and oxygen atoms in total. The molecule has 0 saturated heterocycles. The van der Waals surface area contributed by atoms with Crippen molar-refractivity contribution in [2.24, 2.45) is 11.8 Å². The molecule has 2 rings (SSSR count). The van der Waals surface area contributed by atoms with Crippen LogP contribution in [0.4, 0.5) is 0 Å². The van der Waals surface area contributed by atoms with E-state index in [1.807, 2.05) is 74.5 Å². The van der Waals surface area contributed by atoms with Gasteiger partial charge >= 0.3 is 0 Å². The first-order valence-corrected chi connectivity index (χ1v) is 7.81. The molecule has 0 radical (unpaired) electrons. The molecule has 0 saturated carbocycles. The molecule has 0 aliphatic rings. The first-order valence-electron chi connectivity index (χ1n) is 7.81. The van der Waals surface area contributed by atoms with E-state index >= 15 is 0 Å². The fraction of sp³-hybridized carbons (Fsp3) is 0.300. The Hall–Kier alpha value is -2.22. The number of Topliss-reactive ketones (excluding diaryl/α,β-unsaturated/α-hetero) is 2. The van der Waals surface area contributed by atoms with Gasteiger partial charge in [0.25, 0.3) is 0 Å². The van der Waals surface area contributed by atoms with Crippen molar-refractivity contribution in [3.8, 4) is 0 Å². The van der Waals surface area contributed by atoms with Crippen molar-refractivity contribution in [1.82, 2.24) is 0 Å². The summed E-state index contributed by atoms with van der Waals surface area (Å²) in [5, 5.41) is 0. The molecular formula is C20H22O2. The molecule has 114 valence electrons. The summed E-state index contributed by atoms with van der Waals surface area (Å²) in [6.07, 6.45) is 1.15. The number of ketones is 2. The van der Waals surface area contributed by atoms with Gasteiger partial charge in [-0.3, -0.25) is 9.59 Å². The summed E-state index contributed by atoms with van der Waals surface area (Å²) >= 11 is 0. The normalized spacial score (nSPS) is 13.4. The molecule has 0 N–H and O–H groups in total. The molecule has 0 fully saturated rings. The lowest BCUT2D eigenvalue weighted by atomic mass is 9.81. The predicted molar refractivity (Wildman–Crippen MR) is 89.1 cm³/mol. The summed E-state index contributed by atoms with van der Waals surface area (Å²) in [6, 6.07) is 18.6. The van der Waals surface area contributed by atoms with Gasteiger partial charge in [-0.2, -0.15) is 0 Å². The zero-order chi connectivity index (χ0) is 15.9. The van der Waals surface area contributed by atoms with Crippen LogP contribution in [0, 0.1) is 11.8 Å². The minimum atomic E-state index is -0.116. The van der Waals surface area contributed by atoms with Crippen LogP contribution in [0.5, 0.6) is 0 Å². The molecule has 22 heavy (non-hydrogen) atoms. The summed E-state index contributed by atoms with van der Waals surface area (Å²) in [6.45, 7) is 4.00. The van der Waals surface area contributed by atoms with Crippen molar-refractivity contribution >= 4 is 11.6 Å². The topological polar surface area (TPSA) is 34.1 Å². The lowest BCUT2D eigenvalue weighted by Gasteiger charge is -2.21. The van der Waals surface area contributed by atoms with Gasteiger partial charge in [-0.1, -0.05) is 74.5 Å². The Morgan fingerprint density at radius 2 is 1.36 bits per heavy atom. The third kappa shape index (κ3) is 3.91. The van der Waals surface area contributed by atoms with E-state index in [4.69, 9.17) is 0 Å². The Labute approximate surface area is 132 Å². The van der Waals surface area contributed by atoms with Crippen molar-refractivity contribution in [2.45, 2.75) is 26.7 Å². The van der Waals surface area contributed by atoms with Crippen LogP contribution in [0.2, 0.25) is 0 Å². The van der Waals surface area contributed by atoms with Gasteiger partial charge in [0.1, 0.15) is 0 Å². The summed E-state index contributed by atoms with van der Waals surface area (Å²) in [7, 11) is 0.